The fourth-order valence-corrected chi connectivity index (χ4v) is 2.14. The molecule has 3 aromatic rings. The predicted octanol–water partition coefficient (Wildman–Crippen LogP) is 3.15. The lowest BCUT2D eigenvalue weighted by Crippen LogP contribution is -2.13. The Morgan fingerprint density at radius 3 is 2.92 bits per heavy atom. The van der Waals surface area contributed by atoms with Gasteiger partial charge in [0.2, 0.25) is 17.6 Å². The van der Waals surface area contributed by atoms with Crippen molar-refractivity contribution < 1.29 is 13.7 Å². The minimum Gasteiger partial charge on any atom is -0.339 e. The number of aryl methyl sites for hydroxylation is 2. The lowest BCUT2D eigenvalue weighted by atomic mass is 10.2. The molecular weight excluding hydrogens is 311 g/mol. The molecule has 7 heteroatoms. The number of amides is 1. The fraction of sp³-hybridized carbons (Fsp3) is 0.176. The molecule has 0 unspecified atom stereocenters. The van der Waals surface area contributed by atoms with E-state index in [4.69, 9.17) is 4.52 Å². The first-order chi connectivity index (χ1) is 11.6. The van der Waals surface area contributed by atoms with Crippen LogP contribution in [0.15, 0.2) is 47.1 Å². The normalized spacial score (nSPS) is 10.6. The number of anilines is 1. The van der Waals surface area contributed by atoms with Gasteiger partial charge in [-0.1, -0.05) is 17.3 Å². The minimum atomic E-state index is -0.423. The number of carbonyl (C=O) groups excluding carboxylic acids is 1. The van der Waals surface area contributed by atoms with Crippen LogP contribution in [0.1, 0.15) is 17.9 Å². The zero-order valence-corrected chi connectivity index (χ0v) is 13.0. The van der Waals surface area contributed by atoms with Crippen molar-refractivity contribution in [2.75, 3.05) is 5.32 Å². The number of carbonyl (C=O) groups is 1. The fourth-order valence-electron chi connectivity index (χ4n) is 2.14. The Morgan fingerprint density at radius 2 is 2.12 bits per heavy atom. The highest BCUT2D eigenvalue weighted by Crippen LogP contribution is 2.19. The predicted molar refractivity (Wildman–Crippen MR) is 85.6 cm³/mol. The second kappa shape index (κ2) is 6.99. The SMILES string of the molecule is Cc1ccnc(NC(=O)CCc2nc(-c3ccccc3F)no2)c1. The summed E-state index contributed by atoms with van der Waals surface area (Å²) in [6.07, 6.45) is 2.05. The summed E-state index contributed by atoms with van der Waals surface area (Å²) >= 11 is 0. The standard InChI is InChI=1S/C17H15FN4O2/c1-11-8-9-19-14(10-11)20-15(23)6-7-16-21-17(22-24-16)12-4-2-3-5-13(12)18/h2-5,8-10H,6-7H2,1H3,(H,19,20,23). The Labute approximate surface area is 137 Å². The third-order valence-electron chi connectivity index (χ3n) is 3.33. The van der Waals surface area contributed by atoms with Gasteiger partial charge in [-0.25, -0.2) is 9.37 Å². The van der Waals surface area contributed by atoms with Gasteiger partial charge in [0.15, 0.2) is 0 Å². The summed E-state index contributed by atoms with van der Waals surface area (Å²) in [5, 5.41) is 6.45. The number of aromatic nitrogens is 3. The largest absolute Gasteiger partial charge is 0.339 e. The molecule has 6 nitrogen and oxygen atoms in total. The van der Waals surface area contributed by atoms with Gasteiger partial charge in [-0.05, 0) is 36.8 Å². The minimum absolute atomic E-state index is 0.161. The summed E-state index contributed by atoms with van der Waals surface area (Å²) in [5.41, 5.74) is 1.27. The molecule has 1 aromatic carbocycles. The highest BCUT2D eigenvalue weighted by Gasteiger charge is 2.13. The Morgan fingerprint density at radius 1 is 1.29 bits per heavy atom. The van der Waals surface area contributed by atoms with Gasteiger partial charge in [0.05, 0.1) is 5.56 Å². The maximum absolute atomic E-state index is 13.7. The van der Waals surface area contributed by atoms with E-state index in [0.29, 0.717) is 5.82 Å². The molecule has 0 fully saturated rings. The number of nitrogens with zero attached hydrogens (tertiary/aromatic N) is 3. The van der Waals surface area contributed by atoms with E-state index in [-0.39, 0.29) is 36.0 Å². The molecule has 0 spiro atoms. The molecule has 1 N–H and O–H groups in total. The van der Waals surface area contributed by atoms with Crippen LogP contribution in [0.3, 0.4) is 0 Å². The Bertz CT molecular complexity index is 863. The number of rotatable bonds is 5. The smallest absolute Gasteiger partial charge is 0.227 e. The van der Waals surface area contributed by atoms with E-state index in [9.17, 15) is 9.18 Å². The molecule has 2 aromatic heterocycles. The summed E-state index contributed by atoms with van der Waals surface area (Å²) in [5.74, 6) is 0.314. The van der Waals surface area contributed by atoms with Crippen molar-refractivity contribution in [3.63, 3.8) is 0 Å². The van der Waals surface area contributed by atoms with E-state index in [2.05, 4.69) is 20.4 Å². The molecule has 0 aliphatic heterocycles. The summed E-state index contributed by atoms with van der Waals surface area (Å²) < 4.78 is 18.8. The van der Waals surface area contributed by atoms with E-state index in [1.54, 1.807) is 30.5 Å². The van der Waals surface area contributed by atoms with E-state index in [1.165, 1.54) is 6.07 Å². The van der Waals surface area contributed by atoms with Gasteiger partial charge in [-0.15, -0.1) is 0 Å². The molecule has 0 saturated carbocycles. The summed E-state index contributed by atoms with van der Waals surface area (Å²) in [6, 6.07) is 9.80. The lowest BCUT2D eigenvalue weighted by molar-refractivity contribution is -0.116. The van der Waals surface area contributed by atoms with Crippen molar-refractivity contribution in [1.82, 2.24) is 15.1 Å². The molecule has 122 valence electrons. The Kier molecular flexibility index (Phi) is 4.60. The molecule has 0 saturated heterocycles. The monoisotopic (exact) mass is 326 g/mol. The van der Waals surface area contributed by atoms with Crippen LogP contribution >= 0.6 is 0 Å². The van der Waals surface area contributed by atoms with Crippen molar-refractivity contribution in [2.45, 2.75) is 19.8 Å². The van der Waals surface area contributed by atoms with Crippen LogP contribution < -0.4 is 5.32 Å². The van der Waals surface area contributed by atoms with Crippen LogP contribution in [0.5, 0.6) is 0 Å². The molecular formula is C17H15FN4O2. The third kappa shape index (κ3) is 3.81. The maximum Gasteiger partial charge on any atom is 0.227 e. The molecule has 0 aliphatic carbocycles. The summed E-state index contributed by atoms with van der Waals surface area (Å²) in [4.78, 5) is 20.1. The van der Waals surface area contributed by atoms with E-state index < -0.39 is 5.82 Å². The number of hydrogen-bond acceptors (Lipinski definition) is 5. The molecule has 0 bridgehead atoms. The lowest BCUT2D eigenvalue weighted by Gasteiger charge is -2.03. The summed E-state index contributed by atoms with van der Waals surface area (Å²) in [7, 11) is 0. The Hall–Kier alpha value is -3.09. The van der Waals surface area contributed by atoms with E-state index in [0.717, 1.165) is 5.56 Å². The molecule has 0 radical (unpaired) electrons. The van der Waals surface area contributed by atoms with Crippen molar-refractivity contribution >= 4 is 11.7 Å². The first-order valence-corrected chi connectivity index (χ1v) is 7.42. The van der Waals surface area contributed by atoms with Crippen molar-refractivity contribution in [2.24, 2.45) is 0 Å². The van der Waals surface area contributed by atoms with Crippen molar-refractivity contribution in [1.29, 1.82) is 0 Å². The second-order valence-electron chi connectivity index (χ2n) is 5.26. The van der Waals surface area contributed by atoms with Gasteiger partial charge in [0, 0.05) is 19.0 Å². The van der Waals surface area contributed by atoms with Crippen LogP contribution in [0.2, 0.25) is 0 Å². The van der Waals surface area contributed by atoms with Crippen LogP contribution in [0.25, 0.3) is 11.4 Å². The topological polar surface area (TPSA) is 80.9 Å². The van der Waals surface area contributed by atoms with Gasteiger partial charge in [-0.3, -0.25) is 4.79 Å². The number of halogens is 1. The number of benzene rings is 1. The van der Waals surface area contributed by atoms with Gasteiger partial charge >= 0.3 is 0 Å². The first-order valence-electron chi connectivity index (χ1n) is 7.42. The van der Waals surface area contributed by atoms with Crippen LogP contribution in [0, 0.1) is 12.7 Å². The molecule has 2 heterocycles. The molecule has 24 heavy (non-hydrogen) atoms. The van der Waals surface area contributed by atoms with Crippen molar-refractivity contribution in [3.8, 4) is 11.4 Å². The van der Waals surface area contributed by atoms with Crippen LogP contribution in [0.4, 0.5) is 10.2 Å². The molecule has 0 aliphatic rings. The van der Waals surface area contributed by atoms with Crippen LogP contribution in [-0.2, 0) is 11.2 Å². The maximum atomic E-state index is 13.7. The zero-order valence-electron chi connectivity index (χ0n) is 13.0. The second-order valence-corrected chi connectivity index (χ2v) is 5.26. The molecule has 3 rings (SSSR count). The summed E-state index contributed by atoms with van der Waals surface area (Å²) in [6.45, 7) is 1.92. The Balaban J connectivity index is 1.59. The van der Waals surface area contributed by atoms with E-state index in [1.807, 2.05) is 13.0 Å². The van der Waals surface area contributed by atoms with Gasteiger partial charge in [0.25, 0.3) is 0 Å². The van der Waals surface area contributed by atoms with Gasteiger partial charge < -0.3 is 9.84 Å². The van der Waals surface area contributed by atoms with Gasteiger partial charge in [0.1, 0.15) is 11.6 Å². The molecule has 1 amide bonds. The number of pyridine rings is 1. The highest BCUT2D eigenvalue weighted by molar-refractivity contribution is 5.89. The van der Waals surface area contributed by atoms with Crippen molar-refractivity contribution in [3.05, 3.63) is 59.9 Å². The number of hydrogen-bond donors (Lipinski definition) is 1. The zero-order chi connectivity index (χ0) is 16.9. The number of nitrogens with one attached hydrogen (secondary N) is 1. The third-order valence-corrected chi connectivity index (χ3v) is 3.33. The quantitative estimate of drug-likeness (QED) is 0.779. The van der Waals surface area contributed by atoms with E-state index >= 15 is 0 Å². The van der Waals surface area contributed by atoms with Crippen LogP contribution in [-0.4, -0.2) is 21.0 Å². The average Bonchev–Trinajstić information content (AvgIpc) is 3.02. The van der Waals surface area contributed by atoms with Gasteiger partial charge in [-0.2, -0.15) is 4.98 Å². The average molecular weight is 326 g/mol. The highest BCUT2D eigenvalue weighted by atomic mass is 19.1. The first kappa shape index (κ1) is 15.8. The molecule has 0 atom stereocenters.